The number of fused-ring (bicyclic) bond motifs is 1. The molecule has 5 aliphatic rings. The van der Waals surface area contributed by atoms with Gasteiger partial charge in [0.05, 0.1) is 18.8 Å². The van der Waals surface area contributed by atoms with Crippen LogP contribution < -0.4 is 10.1 Å². The average Bonchev–Trinajstić information content (AvgIpc) is 3.26. The molecule has 2 aliphatic carbocycles. The van der Waals surface area contributed by atoms with E-state index in [0.717, 1.165) is 49.2 Å². The Balaban J connectivity index is 0.951. The van der Waals surface area contributed by atoms with Crippen molar-refractivity contribution in [2.75, 3.05) is 19.7 Å². The molecule has 0 aromatic heterocycles. The smallest absolute Gasteiger partial charge is 0.255 e. The van der Waals surface area contributed by atoms with Gasteiger partial charge in [-0.25, -0.2) is 0 Å². The third-order valence-electron chi connectivity index (χ3n) is 10.6. The zero-order chi connectivity index (χ0) is 28.8. The zero-order valence-corrected chi connectivity index (χ0v) is 24.5. The summed E-state index contributed by atoms with van der Waals surface area (Å²) in [5.41, 5.74) is 3.68. The first-order valence-electron chi connectivity index (χ1n) is 15.7. The van der Waals surface area contributed by atoms with Crippen LogP contribution in [0.25, 0.3) is 0 Å². The molecule has 2 saturated carbocycles. The summed E-state index contributed by atoms with van der Waals surface area (Å²) < 4.78 is 12.7. The molecule has 2 aromatic rings. The third-order valence-corrected chi connectivity index (χ3v) is 10.6. The van der Waals surface area contributed by atoms with E-state index in [2.05, 4.69) is 41.4 Å². The fraction of sp³-hybridized carbons (Fsp3) is 0.559. The van der Waals surface area contributed by atoms with E-state index in [1.807, 2.05) is 12.1 Å². The molecule has 7 rings (SSSR count). The van der Waals surface area contributed by atoms with Crippen LogP contribution in [0.1, 0.15) is 78.9 Å². The number of imide groups is 1. The maximum Gasteiger partial charge on any atom is 0.255 e. The Morgan fingerprint density at radius 1 is 1.00 bits per heavy atom. The summed E-state index contributed by atoms with van der Waals surface area (Å²) in [7, 11) is 0. The van der Waals surface area contributed by atoms with E-state index in [-0.39, 0.29) is 23.8 Å². The minimum atomic E-state index is -0.634. The predicted octanol–water partition coefficient (Wildman–Crippen LogP) is 4.44. The van der Waals surface area contributed by atoms with E-state index in [1.165, 1.54) is 37.7 Å². The van der Waals surface area contributed by atoms with Crippen LogP contribution in [0.5, 0.6) is 5.75 Å². The average molecular weight is 572 g/mol. The number of nitrogens with zero attached hydrogens (tertiary/aromatic N) is 2. The Hall–Kier alpha value is -3.23. The Morgan fingerprint density at radius 2 is 1.81 bits per heavy atom. The third kappa shape index (κ3) is 5.13. The van der Waals surface area contributed by atoms with Crippen LogP contribution in [0.15, 0.2) is 42.5 Å². The zero-order valence-electron chi connectivity index (χ0n) is 24.5. The Labute approximate surface area is 247 Å². The summed E-state index contributed by atoms with van der Waals surface area (Å²) >= 11 is 0. The van der Waals surface area contributed by atoms with Crippen LogP contribution in [0.4, 0.5) is 0 Å². The summed E-state index contributed by atoms with van der Waals surface area (Å²) in [6, 6.07) is 13.5. The van der Waals surface area contributed by atoms with Gasteiger partial charge in [-0.3, -0.25) is 24.6 Å². The molecule has 3 heterocycles. The van der Waals surface area contributed by atoms with Gasteiger partial charge in [-0.15, -0.1) is 0 Å². The minimum Gasteiger partial charge on any atom is -0.489 e. The lowest BCUT2D eigenvalue weighted by atomic mass is 9.56. The van der Waals surface area contributed by atoms with Crippen LogP contribution >= 0.6 is 0 Å². The predicted molar refractivity (Wildman–Crippen MR) is 156 cm³/mol. The number of rotatable bonds is 8. The lowest BCUT2D eigenvalue weighted by Crippen LogP contribution is -2.59. The number of carbonyl (C=O) groups is 3. The number of piperidine rings is 1. The second kappa shape index (κ2) is 11.1. The monoisotopic (exact) mass is 571 g/mol. The molecule has 4 fully saturated rings. The fourth-order valence-corrected chi connectivity index (χ4v) is 7.90. The van der Waals surface area contributed by atoms with Gasteiger partial charge in [0.25, 0.3) is 5.91 Å². The summed E-state index contributed by atoms with van der Waals surface area (Å²) in [5.74, 6) is 2.29. The van der Waals surface area contributed by atoms with Crippen molar-refractivity contribution in [3.63, 3.8) is 0 Å². The first kappa shape index (κ1) is 27.6. The first-order valence-corrected chi connectivity index (χ1v) is 15.7. The first-order chi connectivity index (χ1) is 20.4. The molecule has 8 nitrogen and oxygen atoms in total. The Kier molecular flexibility index (Phi) is 7.31. The van der Waals surface area contributed by atoms with Crippen molar-refractivity contribution in [1.29, 1.82) is 0 Å². The topological polar surface area (TPSA) is 88.2 Å². The number of hydrogen-bond donors (Lipinski definition) is 1. The van der Waals surface area contributed by atoms with Gasteiger partial charge >= 0.3 is 0 Å². The number of benzene rings is 2. The molecule has 4 unspecified atom stereocenters. The van der Waals surface area contributed by atoms with E-state index in [9.17, 15) is 14.4 Å². The van der Waals surface area contributed by atoms with Crippen LogP contribution in [0, 0.1) is 17.8 Å². The van der Waals surface area contributed by atoms with Crippen molar-refractivity contribution >= 4 is 17.7 Å². The van der Waals surface area contributed by atoms with Crippen molar-refractivity contribution in [2.24, 2.45) is 17.8 Å². The van der Waals surface area contributed by atoms with Gasteiger partial charge in [0.15, 0.2) is 0 Å². The number of ether oxygens (including phenoxy) is 2. The van der Waals surface area contributed by atoms with Gasteiger partial charge in [-0.05, 0) is 67.2 Å². The number of hydrogen-bond acceptors (Lipinski definition) is 6. The van der Waals surface area contributed by atoms with Gasteiger partial charge in [0.2, 0.25) is 11.8 Å². The Morgan fingerprint density at radius 3 is 2.52 bits per heavy atom. The fourth-order valence-electron chi connectivity index (χ4n) is 7.90. The van der Waals surface area contributed by atoms with Crippen LogP contribution in [-0.2, 0) is 34.0 Å². The van der Waals surface area contributed by atoms with Crippen LogP contribution in [0.3, 0.4) is 0 Å². The van der Waals surface area contributed by atoms with Crippen LogP contribution in [0.2, 0.25) is 0 Å². The molecule has 0 radical (unpaired) electrons. The lowest BCUT2D eigenvalue weighted by molar-refractivity contribution is -0.176. The molecule has 1 N–H and O–H groups in total. The van der Waals surface area contributed by atoms with E-state index in [4.69, 9.17) is 9.47 Å². The molecule has 8 heteroatoms. The van der Waals surface area contributed by atoms with Gasteiger partial charge < -0.3 is 14.4 Å². The van der Waals surface area contributed by atoms with Crippen molar-refractivity contribution in [1.82, 2.24) is 15.1 Å². The van der Waals surface area contributed by atoms with Crippen LogP contribution in [-0.4, -0.2) is 58.9 Å². The Bertz CT molecular complexity index is 1370. The van der Waals surface area contributed by atoms with Gasteiger partial charge in [0.1, 0.15) is 18.4 Å². The van der Waals surface area contributed by atoms with E-state index in [1.54, 1.807) is 11.0 Å². The summed E-state index contributed by atoms with van der Waals surface area (Å²) in [4.78, 5) is 41.2. The van der Waals surface area contributed by atoms with E-state index < -0.39 is 11.9 Å². The number of amides is 3. The highest BCUT2D eigenvalue weighted by molar-refractivity contribution is 6.05. The quantitative estimate of drug-likeness (QED) is 0.472. The number of nitrogens with one attached hydrogen (secondary N) is 1. The molecule has 0 spiro atoms. The molecule has 3 amide bonds. The second-order valence-electron chi connectivity index (χ2n) is 13.2. The summed E-state index contributed by atoms with van der Waals surface area (Å²) in [6.45, 7) is 6.74. The molecule has 4 atom stereocenters. The SMILES string of the molecule is CC1(C2CCC2C2CCC2)CN(Cc2ccc(COc3cccc4c3CN(C3CCC(=O)NC3=O)C4=O)cc2)CCO1. The molecular formula is C34H41N3O5. The number of morpholine rings is 1. The van der Waals surface area contributed by atoms with Crippen molar-refractivity contribution < 1.29 is 23.9 Å². The van der Waals surface area contributed by atoms with Gasteiger partial charge in [-0.2, -0.15) is 0 Å². The van der Waals surface area contributed by atoms with E-state index >= 15 is 0 Å². The molecule has 222 valence electrons. The van der Waals surface area contributed by atoms with Crippen molar-refractivity contribution in [2.45, 2.75) is 83.2 Å². The molecule has 3 aliphatic heterocycles. The van der Waals surface area contributed by atoms with Gasteiger partial charge in [-0.1, -0.05) is 49.6 Å². The largest absolute Gasteiger partial charge is 0.489 e. The highest BCUT2D eigenvalue weighted by Gasteiger charge is 2.50. The summed E-state index contributed by atoms with van der Waals surface area (Å²) in [6.07, 6.45) is 7.53. The highest BCUT2D eigenvalue weighted by atomic mass is 16.5. The van der Waals surface area contributed by atoms with E-state index in [0.29, 0.717) is 36.8 Å². The molecular weight excluding hydrogens is 530 g/mol. The van der Waals surface area contributed by atoms with Crippen molar-refractivity contribution in [3.8, 4) is 5.75 Å². The lowest BCUT2D eigenvalue weighted by Gasteiger charge is -2.55. The molecule has 0 bridgehead atoms. The normalized spacial score (nSPS) is 30.0. The standard InChI is InChI=1S/C34H41N3O5/c1-34(28-13-12-25(28)24-4-2-5-24)21-36(16-17-42-34)18-22-8-10-23(11-9-22)20-41-30-7-3-6-26-27(30)19-37(33(26)40)29-14-15-31(38)35-32(29)39/h3,6-11,24-25,28-29H,2,4-5,12-21H2,1H3,(H,35,38,39). The summed E-state index contributed by atoms with van der Waals surface area (Å²) in [5, 5.41) is 2.36. The molecule has 2 aromatic carbocycles. The van der Waals surface area contributed by atoms with Crippen molar-refractivity contribution in [3.05, 3.63) is 64.7 Å². The maximum absolute atomic E-state index is 13.1. The maximum atomic E-state index is 13.1. The molecule has 42 heavy (non-hydrogen) atoms. The highest BCUT2D eigenvalue weighted by Crippen LogP contribution is 2.53. The second-order valence-corrected chi connectivity index (χ2v) is 13.2. The molecule has 2 saturated heterocycles. The minimum absolute atomic E-state index is 0.0321. The van der Waals surface area contributed by atoms with Gasteiger partial charge in [0, 0.05) is 37.2 Å². The number of carbonyl (C=O) groups excluding carboxylic acids is 3.